The van der Waals surface area contributed by atoms with Crippen molar-refractivity contribution in [2.24, 2.45) is 0 Å². The number of hydrogen-bond acceptors (Lipinski definition) is 6. The molecule has 0 unspecified atom stereocenters. The van der Waals surface area contributed by atoms with E-state index in [0.717, 1.165) is 36.3 Å². The van der Waals surface area contributed by atoms with Gasteiger partial charge >= 0.3 is 5.97 Å². The van der Waals surface area contributed by atoms with Gasteiger partial charge < -0.3 is 24.3 Å². The molecular formula is C24H25N3O4. The summed E-state index contributed by atoms with van der Waals surface area (Å²) in [7, 11) is 0. The van der Waals surface area contributed by atoms with Crippen molar-refractivity contribution >= 4 is 34.2 Å². The lowest BCUT2D eigenvalue weighted by atomic mass is 10.1. The van der Waals surface area contributed by atoms with Gasteiger partial charge in [0.2, 0.25) is 11.7 Å². The molecule has 160 valence electrons. The molecule has 0 bridgehead atoms. The molecule has 1 fully saturated rings. The van der Waals surface area contributed by atoms with Gasteiger partial charge in [0.1, 0.15) is 11.6 Å². The molecule has 0 spiro atoms. The van der Waals surface area contributed by atoms with Crippen molar-refractivity contribution in [1.29, 1.82) is 0 Å². The van der Waals surface area contributed by atoms with Crippen LogP contribution in [0.15, 0.2) is 52.9 Å². The molecule has 3 heterocycles. The Hall–Kier alpha value is -3.48. The second kappa shape index (κ2) is 7.98. The van der Waals surface area contributed by atoms with Crippen LogP contribution in [0.1, 0.15) is 23.0 Å². The number of nitrogens with zero attached hydrogens (tertiary/aromatic N) is 2. The number of furan rings is 1. The second-order valence-corrected chi connectivity index (χ2v) is 7.92. The molecule has 0 saturated carbocycles. The lowest BCUT2D eigenvalue weighted by Gasteiger charge is -2.37. The van der Waals surface area contributed by atoms with Crippen molar-refractivity contribution in [1.82, 2.24) is 4.90 Å². The summed E-state index contributed by atoms with van der Waals surface area (Å²) in [4.78, 5) is 29.1. The molecule has 5 rings (SSSR count). The summed E-state index contributed by atoms with van der Waals surface area (Å²) in [5.74, 6) is -0.0651. The number of nitrogens with one attached hydrogen (secondary N) is 1. The van der Waals surface area contributed by atoms with Crippen LogP contribution in [-0.2, 0) is 16.0 Å². The van der Waals surface area contributed by atoms with Crippen molar-refractivity contribution < 1.29 is 18.7 Å². The standard InChI is InChI=1S/C24H25N3O4/c1-2-30-24(29)22-15-17-13-18(7-8-21(17)31-22)26-9-11-27(12-10-26)23(28)20-14-16-5-3-4-6-19(16)25-20/h3-8,13,15,20,25H,2,9-12,14H2,1H3/t20-/m0/s1. The minimum atomic E-state index is -0.449. The third-order valence-corrected chi connectivity index (χ3v) is 6.00. The average Bonchev–Trinajstić information content (AvgIpc) is 3.42. The summed E-state index contributed by atoms with van der Waals surface area (Å²) in [5, 5.41) is 4.23. The van der Waals surface area contributed by atoms with E-state index in [4.69, 9.17) is 9.15 Å². The van der Waals surface area contributed by atoms with Crippen LogP contribution in [0.25, 0.3) is 11.0 Å². The number of anilines is 2. The molecule has 1 amide bonds. The molecule has 7 heteroatoms. The normalized spacial score (nSPS) is 18.0. The van der Waals surface area contributed by atoms with Crippen LogP contribution < -0.4 is 10.2 Å². The lowest BCUT2D eigenvalue weighted by Crippen LogP contribution is -2.52. The molecule has 1 aromatic heterocycles. The zero-order chi connectivity index (χ0) is 21.4. The fourth-order valence-electron chi connectivity index (χ4n) is 4.38. The molecule has 0 radical (unpaired) electrons. The highest BCUT2D eigenvalue weighted by atomic mass is 16.5. The molecule has 2 aromatic carbocycles. The largest absolute Gasteiger partial charge is 0.460 e. The average molecular weight is 419 g/mol. The van der Waals surface area contributed by atoms with Crippen molar-refractivity contribution in [3.8, 4) is 0 Å². The SMILES string of the molecule is CCOC(=O)c1cc2cc(N3CCN(C(=O)[C@@H]4Cc5ccccc5N4)CC3)ccc2o1. The molecule has 3 aromatic rings. The van der Waals surface area contributed by atoms with Crippen LogP contribution >= 0.6 is 0 Å². The summed E-state index contributed by atoms with van der Waals surface area (Å²) in [6.07, 6.45) is 0.745. The Morgan fingerprint density at radius 2 is 1.90 bits per heavy atom. The number of rotatable bonds is 4. The first-order chi connectivity index (χ1) is 15.1. The fourth-order valence-corrected chi connectivity index (χ4v) is 4.38. The van der Waals surface area contributed by atoms with Crippen molar-refractivity contribution in [2.45, 2.75) is 19.4 Å². The third kappa shape index (κ3) is 3.71. The van der Waals surface area contributed by atoms with E-state index in [1.165, 1.54) is 5.56 Å². The summed E-state index contributed by atoms with van der Waals surface area (Å²) in [6.45, 7) is 4.98. The van der Waals surface area contributed by atoms with Crippen LogP contribution in [0.3, 0.4) is 0 Å². The van der Waals surface area contributed by atoms with E-state index >= 15 is 0 Å². The summed E-state index contributed by atoms with van der Waals surface area (Å²) in [5.41, 5.74) is 3.99. The maximum atomic E-state index is 13.0. The summed E-state index contributed by atoms with van der Waals surface area (Å²) in [6, 6.07) is 15.6. The number of hydrogen-bond donors (Lipinski definition) is 1. The third-order valence-electron chi connectivity index (χ3n) is 6.00. The zero-order valence-electron chi connectivity index (χ0n) is 17.5. The molecule has 7 nitrogen and oxygen atoms in total. The van der Waals surface area contributed by atoms with E-state index in [-0.39, 0.29) is 17.7 Å². The fraction of sp³-hybridized carbons (Fsp3) is 0.333. The minimum Gasteiger partial charge on any atom is -0.460 e. The number of esters is 1. The smallest absolute Gasteiger partial charge is 0.374 e. The molecule has 1 N–H and O–H groups in total. The van der Waals surface area contributed by atoms with Gasteiger partial charge in [0, 0.05) is 49.4 Å². The van der Waals surface area contributed by atoms with E-state index in [0.29, 0.717) is 25.3 Å². The first-order valence-electron chi connectivity index (χ1n) is 10.7. The van der Waals surface area contributed by atoms with E-state index < -0.39 is 5.97 Å². The van der Waals surface area contributed by atoms with Crippen LogP contribution in [0, 0.1) is 0 Å². The maximum absolute atomic E-state index is 13.0. The Balaban J connectivity index is 1.23. The lowest BCUT2D eigenvalue weighted by molar-refractivity contribution is -0.132. The number of para-hydroxylation sites is 1. The summed E-state index contributed by atoms with van der Waals surface area (Å²) >= 11 is 0. The number of benzene rings is 2. The summed E-state index contributed by atoms with van der Waals surface area (Å²) < 4.78 is 10.6. The van der Waals surface area contributed by atoms with Gasteiger partial charge in [-0.15, -0.1) is 0 Å². The number of fused-ring (bicyclic) bond motifs is 2. The number of amides is 1. The Morgan fingerprint density at radius 3 is 2.68 bits per heavy atom. The van der Waals surface area contributed by atoms with Crippen LogP contribution in [-0.4, -0.2) is 55.6 Å². The highest BCUT2D eigenvalue weighted by Gasteiger charge is 2.31. The van der Waals surface area contributed by atoms with Crippen molar-refractivity contribution in [3.05, 3.63) is 59.9 Å². The van der Waals surface area contributed by atoms with Gasteiger partial charge in [-0.2, -0.15) is 0 Å². The predicted octanol–water partition coefficient (Wildman–Crippen LogP) is 3.29. The first kappa shape index (κ1) is 19.5. The number of ether oxygens (including phenoxy) is 1. The highest BCUT2D eigenvalue weighted by molar-refractivity contribution is 5.93. The molecule has 2 aliphatic heterocycles. The van der Waals surface area contributed by atoms with Crippen molar-refractivity contribution in [2.75, 3.05) is 43.0 Å². The van der Waals surface area contributed by atoms with Gasteiger partial charge in [0.05, 0.1) is 6.61 Å². The molecule has 31 heavy (non-hydrogen) atoms. The number of carbonyl (C=O) groups excluding carboxylic acids is 2. The topological polar surface area (TPSA) is 75.0 Å². The molecule has 0 aliphatic carbocycles. The van der Waals surface area contributed by atoms with Gasteiger partial charge in [0.25, 0.3) is 0 Å². The second-order valence-electron chi connectivity index (χ2n) is 7.92. The van der Waals surface area contributed by atoms with Gasteiger partial charge in [-0.05, 0) is 42.8 Å². The van der Waals surface area contributed by atoms with Crippen LogP contribution in [0.4, 0.5) is 11.4 Å². The van der Waals surface area contributed by atoms with E-state index in [1.807, 2.05) is 41.3 Å². The van der Waals surface area contributed by atoms with Crippen LogP contribution in [0.5, 0.6) is 0 Å². The highest BCUT2D eigenvalue weighted by Crippen LogP contribution is 2.28. The van der Waals surface area contributed by atoms with Crippen LogP contribution in [0.2, 0.25) is 0 Å². The number of piperazine rings is 1. The molecule has 1 saturated heterocycles. The quantitative estimate of drug-likeness (QED) is 0.654. The Bertz CT molecular complexity index is 1110. The minimum absolute atomic E-state index is 0.167. The van der Waals surface area contributed by atoms with E-state index in [9.17, 15) is 9.59 Å². The van der Waals surface area contributed by atoms with Crippen molar-refractivity contribution in [3.63, 3.8) is 0 Å². The monoisotopic (exact) mass is 419 g/mol. The zero-order valence-corrected chi connectivity index (χ0v) is 17.5. The van der Waals surface area contributed by atoms with Gasteiger partial charge in [-0.3, -0.25) is 4.79 Å². The molecule has 1 atom stereocenters. The number of carbonyl (C=O) groups is 2. The van der Waals surface area contributed by atoms with Gasteiger partial charge in [-0.25, -0.2) is 4.79 Å². The predicted molar refractivity (Wildman–Crippen MR) is 119 cm³/mol. The molecule has 2 aliphatic rings. The molecular weight excluding hydrogens is 394 g/mol. The van der Waals surface area contributed by atoms with Gasteiger partial charge in [0.15, 0.2) is 0 Å². The Kier molecular flexibility index (Phi) is 5.02. The van der Waals surface area contributed by atoms with E-state index in [2.05, 4.69) is 16.3 Å². The van der Waals surface area contributed by atoms with Gasteiger partial charge in [-0.1, -0.05) is 18.2 Å². The van der Waals surface area contributed by atoms with E-state index in [1.54, 1.807) is 13.0 Å². The Labute approximate surface area is 180 Å². The first-order valence-corrected chi connectivity index (χ1v) is 10.7. The maximum Gasteiger partial charge on any atom is 0.374 e. The Morgan fingerprint density at radius 1 is 1.10 bits per heavy atom.